The topological polar surface area (TPSA) is 69.2 Å². The molecule has 6 saturated carbocycles. The van der Waals surface area contributed by atoms with Gasteiger partial charge in [-0.1, -0.05) is 12.1 Å². The van der Waals surface area contributed by atoms with E-state index in [2.05, 4.69) is 29.6 Å². The Bertz CT molecular complexity index is 874. The molecule has 198 valence electrons. The second-order valence-corrected chi connectivity index (χ2v) is 12.9. The van der Waals surface area contributed by atoms with Gasteiger partial charge in [-0.15, -0.1) is 0 Å². The zero-order valence-electron chi connectivity index (χ0n) is 21.5. The molecule has 0 radical (unpaired) electrons. The van der Waals surface area contributed by atoms with E-state index < -0.39 is 11.6 Å². The van der Waals surface area contributed by atoms with Crippen molar-refractivity contribution in [2.24, 2.45) is 23.7 Å². The fraction of sp³-hybridized carbons (Fsp3) is 0.800. The number of aliphatic hydroxyl groups is 1. The van der Waals surface area contributed by atoms with Gasteiger partial charge >= 0.3 is 0 Å². The van der Waals surface area contributed by atoms with E-state index in [1.54, 1.807) is 0 Å². The van der Waals surface area contributed by atoms with E-state index in [4.69, 9.17) is 19.2 Å². The first-order chi connectivity index (χ1) is 17.6. The van der Waals surface area contributed by atoms with Crippen molar-refractivity contribution in [3.63, 3.8) is 0 Å². The molecular weight excluding hydrogens is 454 g/mol. The van der Waals surface area contributed by atoms with Gasteiger partial charge in [-0.25, -0.2) is 0 Å². The van der Waals surface area contributed by atoms with Gasteiger partial charge in [0.25, 0.3) is 0 Å². The van der Waals surface area contributed by atoms with Crippen molar-refractivity contribution >= 4 is 0 Å². The van der Waals surface area contributed by atoms with Crippen molar-refractivity contribution in [3.05, 3.63) is 29.8 Å². The molecule has 1 aromatic carbocycles. The van der Waals surface area contributed by atoms with E-state index in [0.29, 0.717) is 30.4 Å². The van der Waals surface area contributed by atoms with Crippen molar-refractivity contribution in [3.8, 4) is 5.75 Å². The molecule has 1 saturated heterocycles. The molecule has 0 unspecified atom stereocenters. The van der Waals surface area contributed by atoms with Gasteiger partial charge in [0.2, 0.25) is 11.6 Å². The Labute approximate surface area is 215 Å². The molecule has 4 bridgehead atoms. The van der Waals surface area contributed by atoms with E-state index in [1.165, 1.54) is 37.7 Å². The van der Waals surface area contributed by atoms with Gasteiger partial charge < -0.3 is 19.9 Å². The molecule has 6 heteroatoms. The molecule has 1 heterocycles. The Morgan fingerprint density at radius 3 is 2.17 bits per heavy atom. The van der Waals surface area contributed by atoms with Crippen LogP contribution in [0.5, 0.6) is 5.75 Å². The Morgan fingerprint density at radius 2 is 1.50 bits per heavy atom. The molecule has 7 fully saturated rings. The summed E-state index contributed by atoms with van der Waals surface area (Å²) in [5.74, 6) is 3.35. The van der Waals surface area contributed by atoms with Crippen LogP contribution in [0.25, 0.3) is 0 Å². The highest BCUT2D eigenvalue weighted by Gasteiger charge is 2.66. The van der Waals surface area contributed by atoms with Gasteiger partial charge in [0, 0.05) is 37.3 Å². The molecular formula is C30H43NO5. The first-order valence-corrected chi connectivity index (χ1v) is 14.8. The zero-order chi connectivity index (χ0) is 24.2. The molecule has 0 atom stereocenters. The fourth-order valence-corrected chi connectivity index (χ4v) is 8.73. The molecule has 6 nitrogen and oxygen atoms in total. The normalized spacial score (nSPS) is 45.5. The smallest absolute Gasteiger partial charge is 0.210 e. The number of hydrogen-bond donors (Lipinski definition) is 2. The summed E-state index contributed by atoms with van der Waals surface area (Å²) in [6.45, 7) is 1.52. The van der Waals surface area contributed by atoms with Crippen molar-refractivity contribution < 1.29 is 24.4 Å². The minimum Gasteiger partial charge on any atom is -0.492 e. The lowest BCUT2D eigenvalue weighted by Crippen LogP contribution is -2.59. The maximum absolute atomic E-state index is 9.64. The lowest BCUT2D eigenvalue weighted by atomic mass is 9.53. The van der Waals surface area contributed by atoms with Crippen molar-refractivity contribution in [2.45, 2.75) is 113 Å². The summed E-state index contributed by atoms with van der Waals surface area (Å²) in [5.41, 5.74) is 1.39. The van der Waals surface area contributed by atoms with Gasteiger partial charge in [-0.05, 0) is 106 Å². The van der Waals surface area contributed by atoms with Crippen LogP contribution >= 0.6 is 0 Å². The number of rotatable bonds is 6. The molecule has 7 aliphatic rings. The maximum atomic E-state index is 9.64. The average molecular weight is 498 g/mol. The zero-order valence-corrected chi connectivity index (χ0v) is 21.5. The molecule has 8 rings (SSSR count). The second-order valence-electron chi connectivity index (χ2n) is 12.9. The third-order valence-corrected chi connectivity index (χ3v) is 10.5. The van der Waals surface area contributed by atoms with E-state index in [-0.39, 0.29) is 6.10 Å². The lowest BCUT2D eigenvalue weighted by molar-refractivity contribution is -0.390. The SMILES string of the molecule is OC1CCC(NCCOc2ccc(C3CCC4(CC3)OOC3(O4)C4CC5CC(C4)CC3C5)cc2)CC1. The van der Waals surface area contributed by atoms with Crippen LogP contribution in [0.15, 0.2) is 24.3 Å². The second kappa shape index (κ2) is 9.53. The van der Waals surface area contributed by atoms with Crippen LogP contribution in [0.4, 0.5) is 0 Å². The van der Waals surface area contributed by atoms with Crippen LogP contribution in [-0.4, -0.2) is 42.0 Å². The van der Waals surface area contributed by atoms with Crippen LogP contribution in [0, 0.1) is 23.7 Å². The van der Waals surface area contributed by atoms with E-state index >= 15 is 0 Å². The summed E-state index contributed by atoms with van der Waals surface area (Å²) in [4.78, 5) is 12.3. The summed E-state index contributed by atoms with van der Waals surface area (Å²) in [5, 5.41) is 13.2. The van der Waals surface area contributed by atoms with Crippen LogP contribution in [-0.2, 0) is 14.5 Å². The van der Waals surface area contributed by atoms with Gasteiger partial charge in [-0.2, -0.15) is 9.78 Å². The van der Waals surface area contributed by atoms with Crippen LogP contribution in [0.2, 0.25) is 0 Å². The average Bonchev–Trinajstić information content (AvgIpc) is 3.26. The summed E-state index contributed by atoms with van der Waals surface area (Å²) in [7, 11) is 0. The Hall–Kier alpha value is -1.18. The van der Waals surface area contributed by atoms with Gasteiger partial charge in [-0.3, -0.25) is 0 Å². The quantitative estimate of drug-likeness (QED) is 0.403. The largest absolute Gasteiger partial charge is 0.492 e. The highest BCUT2D eigenvalue weighted by molar-refractivity contribution is 5.30. The van der Waals surface area contributed by atoms with Gasteiger partial charge in [0.05, 0.1) is 6.10 Å². The first kappa shape index (κ1) is 23.9. The third-order valence-electron chi connectivity index (χ3n) is 10.5. The molecule has 2 N–H and O–H groups in total. The summed E-state index contributed by atoms with van der Waals surface area (Å²) in [6, 6.07) is 9.23. The molecule has 6 aliphatic carbocycles. The predicted molar refractivity (Wildman–Crippen MR) is 135 cm³/mol. The summed E-state index contributed by atoms with van der Waals surface area (Å²) < 4.78 is 12.9. The van der Waals surface area contributed by atoms with E-state index in [0.717, 1.165) is 75.5 Å². The number of nitrogens with one attached hydrogen (secondary N) is 1. The molecule has 2 spiro atoms. The van der Waals surface area contributed by atoms with Crippen molar-refractivity contribution in [1.29, 1.82) is 0 Å². The van der Waals surface area contributed by atoms with E-state index in [9.17, 15) is 5.11 Å². The molecule has 0 aromatic heterocycles. The molecule has 1 aromatic rings. The monoisotopic (exact) mass is 497 g/mol. The lowest BCUT2D eigenvalue weighted by Gasteiger charge is -2.57. The first-order valence-electron chi connectivity index (χ1n) is 14.8. The van der Waals surface area contributed by atoms with E-state index in [1.807, 2.05) is 0 Å². The van der Waals surface area contributed by atoms with Crippen LogP contribution in [0.1, 0.15) is 95.0 Å². The van der Waals surface area contributed by atoms with Crippen LogP contribution < -0.4 is 10.1 Å². The Morgan fingerprint density at radius 1 is 0.833 bits per heavy atom. The molecule has 36 heavy (non-hydrogen) atoms. The predicted octanol–water partition coefficient (Wildman–Crippen LogP) is 5.44. The molecule has 1 aliphatic heterocycles. The highest BCUT2D eigenvalue weighted by atomic mass is 17.3. The number of aliphatic hydroxyl groups excluding tert-OH is 1. The van der Waals surface area contributed by atoms with Crippen molar-refractivity contribution in [2.75, 3.05) is 13.2 Å². The highest BCUT2D eigenvalue weighted by Crippen LogP contribution is 2.64. The number of ether oxygens (including phenoxy) is 2. The third kappa shape index (κ3) is 4.41. The van der Waals surface area contributed by atoms with Gasteiger partial charge in [0.15, 0.2) is 0 Å². The number of hydrogen-bond acceptors (Lipinski definition) is 6. The Balaban J connectivity index is 0.887. The number of benzene rings is 1. The fourth-order valence-electron chi connectivity index (χ4n) is 8.73. The summed E-state index contributed by atoms with van der Waals surface area (Å²) in [6.07, 6.45) is 14.3. The minimum absolute atomic E-state index is 0.0993. The van der Waals surface area contributed by atoms with Gasteiger partial charge in [0.1, 0.15) is 12.4 Å². The summed E-state index contributed by atoms with van der Waals surface area (Å²) >= 11 is 0. The van der Waals surface area contributed by atoms with Crippen molar-refractivity contribution in [1.82, 2.24) is 5.32 Å². The van der Waals surface area contributed by atoms with Crippen LogP contribution in [0.3, 0.4) is 0 Å². The maximum Gasteiger partial charge on any atom is 0.210 e. The molecule has 0 amide bonds. The standard InChI is InChI=1S/C30H43NO5/c32-27-5-3-26(4-6-27)31-13-14-33-28-7-1-22(2-8-28)23-9-11-29(12-10-23)34-30(36-35-29)24-16-20-15-21(18-24)19-25(30)17-20/h1-2,7-8,20-21,23-27,31-32H,3-6,9-19H2. The Kier molecular flexibility index (Phi) is 6.33. The minimum atomic E-state index is -0.529.